The molecule has 0 bridgehead atoms. The minimum absolute atomic E-state index is 0.0515. The summed E-state index contributed by atoms with van der Waals surface area (Å²) in [6, 6.07) is -0.773. The van der Waals surface area contributed by atoms with E-state index in [2.05, 4.69) is 23.6 Å². The van der Waals surface area contributed by atoms with Gasteiger partial charge in [-0.2, -0.15) is 9.29 Å². The molecule has 4 atom stereocenters. The topological polar surface area (TPSA) is 249 Å². The number of fused-ring (bicyclic) bond motifs is 1. The number of aromatic nitrogens is 4. The number of phosphoric acid groups is 2. The molecule has 2 aromatic rings. The van der Waals surface area contributed by atoms with Gasteiger partial charge in [-0.15, -0.1) is 0 Å². The van der Waals surface area contributed by atoms with E-state index in [0.29, 0.717) is 0 Å². The number of ether oxygens (including phenoxy) is 1. The fourth-order valence-electron chi connectivity index (χ4n) is 2.74. The van der Waals surface area contributed by atoms with Crippen LogP contribution in [0.4, 0.5) is 10.3 Å². The van der Waals surface area contributed by atoms with E-state index in [4.69, 9.17) is 25.2 Å². The van der Waals surface area contributed by atoms with Gasteiger partial charge >= 0.3 is 23.2 Å². The third-order valence-corrected chi connectivity index (χ3v) is 7.80. The SMILES string of the molecule is Nc1nc2c(ncn2[C@@H]2C=C(F)[C@H](OCP(=O)(O)OP(=O)(O)OP(=O)(O)O)C2)c(=O)[nH]1. The normalized spacial score (nSPS) is 23.5. The number of anilines is 1. The fourth-order valence-corrected chi connectivity index (χ4v) is 6.05. The average Bonchev–Trinajstić information content (AvgIpc) is 3.13. The molecular weight excluding hydrogens is 490 g/mol. The van der Waals surface area contributed by atoms with Crippen molar-refractivity contribution >= 4 is 40.4 Å². The lowest BCUT2D eigenvalue weighted by atomic mass is 10.2. The molecule has 172 valence electrons. The first-order valence-corrected chi connectivity index (χ1v) is 12.8. The van der Waals surface area contributed by atoms with Gasteiger partial charge in [0.15, 0.2) is 11.2 Å². The van der Waals surface area contributed by atoms with E-state index in [0.717, 1.165) is 6.08 Å². The summed E-state index contributed by atoms with van der Waals surface area (Å²) >= 11 is 0. The number of allylic oxidation sites excluding steroid dienone is 1. The number of nitrogens with one attached hydrogen (secondary N) is 1. The Labute approximate surface area is 170 Å². The van der Waals surface area contributed by atoms with Crippen LogP contribution >= 0.6 is 23.2 Å². The summed E-state index contributed by atoms with van der Waals surface area (Å²) in [5, 5.41) is 0. The number of nitrogens with zero attached hydrogens (tertiary/aromatic N) is 3. The number of hydrogen-bond donors (Lipinski definition) is 6. The minimum atomic E-state index is -5.63. The van der Waals surface area contributed by atoms with Crippen LogP contribution < -0.4 is 11.3 Å². The molecule has 31 heavy (non-hydrogen) atoms. The van der Waals surface area contributed by atoms with E-state index in [9.17, 15) is 27.8 Å². The van der Waals surface area contributed by atoms with E-state index in [-0.39, 0.29) is 23.5 Å². The summed E-state index contributed by atoms with van der Waals surface area (Å²) in [5.74, 6) is -1.07. The van der Waals surface area contributed by atoms with Gasteiger partial charge < -0.3 is 34.6 Å². The number of H-pyrrole nitrogens is 1. The molecule has 7 N–H and O–H groups in total. The zero-order valence-electron chi connectivity index (χ0n) is 15.0. The Hall–Kier alpha value is -1.77. The molecule has 0 aliphatic heterocycles. The standard InChI is InChI=1S/C11H15FN5O11P3/c12-6-1-5(17-3-14-8-9(17)15-11(13)16-10(8)18)2-7(6)26-4-29(19,20)27-31(24,25)28-30(21,22)23/h1,3,5,7H,2,4H2,(H,19,20)(H,24,25)(H2,21,22,23)(H3,13,15,16,18)/t5-,7-/m1/s1. The zero-order valence-corrected chi connectivity index (χ0v) is 17.7. The summed E-state index contributed by atoms with van der Waals surface area (Å²) in [4.78, 5) is 57.6. The van der Waals surface area contributed by atoms with Gasteiger partial charge in [0, 0.05) is 6.42 Å². The molecule has 2 heterocycles. The predicted molar refractivity (Wildman–Crippen MR) is 99.0 cm³/mol. The lowest BCUT2D eigenvalue weighted by Gasteiger charge is -2.19. The summed E-state index contributed by atoms with van der Waals surface area (Å²) in [7, 11) is -16.2. The molecule has 0 spiro atoms. The van der Waals surface area contributed by atoms with Gasteiger partial charge in [-0.25, -0.2) is 22.8 Å². The molecule has 1 aliphatic rings. The Bertz CT molecular complexity index is 1240. The van der Waals surface area contributed by atoms with Gasteiger partial charge in [-0.05, 0) is 6.08 Å². The van der Waals surface area contributed by atoms with Crippen LogP contribution in [-0.4, -0.2) is 51.5 Å². The van der Waals surface area contributed by atoms with Crippen LogP contribution in [0, 0.1) is 0 Å². The highest BCUT2D eigenvalue weighted by Crippen LogP contribution is 2.66. The van der Waals surface area contributed by atoms with Crippen molar-refractivity contribution in [3.05, 3.63) is 28.6 Å². The van der Waals surface area contributed by atoms with Crippen molar-refractivity contribution < 1.29 is 51.0 Å². The van der Waals surface area contributed by atoms with Crippen molar-refractivity contribution in [2.45, 2.75) is 18.6 Å². The third-order valence-electron chi connectivity index (χ3n) is 3.80. The molecule has 1 aliphatic carbocycles. The summed E-state index contributed by atoms with van der Waals surface area (Å²) in [6.45, 7) is 0. The van der Waals surface area contributed by atoms with Crippen LogP contribution in [0.1, 0.15) is 12.5 Å². The third kappa shape index (κ3) is 5.93. The Balaban J connectivity index is 1.68. The van der Waals surface area contributed by atoms with E-state index in [1.54, 1.807) is 0 Å². The van der Waals surface area contributed by atoms with Gasteiger partial charge in [-0.1, -0.05) is 0 Å². The fraction of sp³-hybridized carbons (Fsp3) is 0.364. The number of halogens is 1. The monoisotopic (exact) mass is 505 g/mol. The second kappa shape index (κ2) is 8.30. The first-order valence-electron chi connectivity index (χ1n) is 8.00. The molecule has 0 fully saturated rings. The van der Waals surface area contributed by atoms with Crippen molar-refractivity contribution in [3.8, 4) is 0 Å². The average molecular weight is 505 g/mol. The maximum Gasteiger partial charge on any atom is 0.488 e. The van der Waals surface area contributed by atoms with Crippen molar-refractivity contribution in [2.24, 2.45) is 0 Å². The zero-order chi connectivity index (χ0) is 23.2. The highest BCUT2D eigenvalue weighted by molar-refractivity contribution is 7.68. The second-order valence-corrected chi connectivity index (χ2v) is 10.9. The van der Waals surface area contributed by atoms with Crippen LogP contribution in [0.15, 0.2) is 23.0 Å². The van der Waals surface area contributed by atoms with Crippen LogP contribution in [0.2, 0.25) is 0 Å². The molecule has 20 heteroatoms. The largest absolute Gasteiger partial charge is 0.488 e. The van der Waals surface area contributed by atoms with Crippen LogP contribution in [0.25, 0.3) is 11.2 Å². The van der Waals surface area contributed by atoms with Gasteiger partial charge in [0.1, 0.15) is 18.3 Å². The lowest BCUT2D eigenvalue weighted by molar-refractivity contribution is 0.0809. The molecule has 0 radical (unpaired) electrons. The Morgan fingerprint density at radius 1 is 1.26 bits per heavy atom. The van der Waals surface area contributed by atoms with E-state index >= 15 is 0 Å². The molecule has 0 saturated heterocycles. The number of imidazole rings is 1. The molecule has 2 unspecified atom stereocenters. The highest BCUT2D eigenvalue weighted by atomic mass is 31.3. The Morgan fingerprint density at radius 3 is 2.58 bits per heavy atom. The maximum absolute atomic E-state index is 14.3. The first-order chi connectivity index (χ1) is 14.2. The molecule has 16 nitrogen and oxygen atoms in total. The van der Waals surface area contributed by atoms with Crippen LogP contribution in [0.5, 0.6) is 0 Å². The summed E-state index contributed by atoms with van der Waals surface area (Å²) < 4.78 is 61.6. The van der Waals surface area contributed by atoms with Crippen molar-refractivity contribution in [2.75, 3.05) is 12.1 Å². The van der Waals surface area contributed by atoms with Crippen molar-refractivity contribution in [3.63, 3.8) is 0 Å². The van der Waals surface area contributed by atoms with E-state index in [1.807, 2.05) is 0 Å². The maximum atomic E-state index is 14.3. The Kier molecular flexibility index (Phi) is 6.39. The smallest absolute Gasteiger partial charge is 0.369 e. The number of hydrogen-bond acceptors (Lipinski definition) is 10. The minimum Gasteiger partial charge on any atom is -0.369 e. The highest BCUT2D eigenvalue weighted by Gasteiger charge is 2.41. The predicted octanol–water partition coefficient (Wildman–Crippen LogP) is 0.254. The number of nitrogen functional groups attached to an aromatic ring is 1. The molecule has 0 aromatic carbocycles. The van der Waals surface area contributed by atoms with Crippen molar-refractivity contribution in [1.82, 2.24) is 19.5 Å². The van der Waals surface area contributed by atoms with Gasteiger partial charge in [0.2, 0.25) is 5.95 Å². The van der Waals surface area contributed by atoms with Crippen LogP contribution in [-0.2, 0) is 27.1 Å². The molecule has 3 rings (SSSR count). The van der Waals surface area contributed by atoms with Gasteiger partial charge in [0.25, 0.3) is 5.56 Å². The van der Waals surface area contributed by atoms with E-state index in [1.165, 1.54) is 10.9 Å². The lowest BCUT2D eigenvalue weighted by Crippen LogP contribution is -2.16. The molecule has 2 aromatic heterocycles. The quantitative estimate of drug-likeness (QED) is 0.263. The Morgan fingerprint density at radius 2 is 1.94 bits per heavy atom. The summed E-state index contributed by atoms with van der Waals surface area (Å²) in [6.07, 6.45) is -0.573. The van der Waals surface area contributed by atoms with Crippen LogP contribution in [0.3, 0.4) is 0 Å². The summed E-state index contributed by atoms with van der Waals surface area (Å²) in [5.41, 5.74) is 4.89. The number of aromatic amines is 1. The molecule has 0 amide bonds. The van der Waals surface area contributed by atoms with Crippen molar-refractivity contribution in [1.29, 1.82) is 0 Å². The molecule has 0 saturated carbocycles. The van der Waals surface area contributed by atoms with Gasteiger partial charge in [-0.3, -0.25) is 14.3 Å². The number of nitrogens with two attached hydrogens (primary N) is 1. The van der Waals surface area contributed by atoms with E-state index < -0.39 is 53.1 Å². The second-order valence-electron chi connectivity index (χ2n) is 6.17. The molecular formula is C11H15FN5O11P3. The first kappa shape index (κ1) is 23.9. The van der Waals surface area contributed by atoms with Gasteiger partial charge in [0.05, 0.1) is 12.4 Å². The number of rotatable bonds is 8.